The van der Waals surface area contributed by atoms with Crippen LogP contribution in [0.15, 0.2) is 24.3 Å². The number of rotatable bonds is 5. The summed E-state index contributed by atoms with van der Waals surface area (Å²) in [4.78, 5) is 0. The Morgan fingerprint density at radius 3 is 2.68 bits per heavy atom. The van der Waals surface area contributed by atoms with Gasteiger partial charge >= 0.3 is 0 Å². The number of aryl methyl sites for hydroxylation is 1. The Balaban J connectivity index is 2.27. The maximum Gasteiger partial charge on any atom is 0.266 e. The fourth-order valence-electron chi connectivity index (χ4n) is 2.95. The smallest absolute Gasteiger partial charge is 0.266 e. The summed E-state index contributed by atoms with van der Waals surface area (Å²) in [6, 6.07) is 3.32. The molecule has 122 valence electrons. The first-order valence-electron chi connectivity index (χ1n) is 7.86. The van der Waals surface area contributed by atoms with E-state index in [0.717, 1.165) is 12.8 Å². The molecule has 1 aromatic carbocycles. The van der Waals surface area contributed by atoms with E-state index in [0.29, 0.717) is 30.6 Å². The van der Waals surface area contributed by atoms with Crippen molar-refractivity contribution in [2.45, 2.75) is 58.0 Å². The molecule has 0 aliphatic carbocycles. The van der Waals surface area contributed by atoms with Gasteiger partial charge in [0.25, 0.3) is 6.43 Å². The lowest BCUT2D eigenvalue weighted by atomic mass is 9.88. The van der Waals surface area contributed by atoms with Gasteiger partial charge in [-0.25, -0.2) is 13.2 Å². The summed E-state index contributed by atoms with van der Waals surface area (Å²) < 4.78 is 46.8. The molecule has 1 nitrogen and oxygen atoms in total. The number of allylic oxidation sites excluding steroid dienone is 2. The maximum atomic E-state index is 14.6. The molecule has 4 heteroatoms. The first kappa shape index (κ1) is 17.1. The van der Waals surface area contributed by atoms with Gasteiger partial charge in [0.15, 0.2) is 0 Å². The molecule has 22 heavy (non-hydrogen) atoms. The number of ether oxygens (including phenoxy) is 1. The van der Waals surface area contributed by atoms with Crippen molar-refractivity contribution in [1.82, 2.24) is 0 Å². The lowest BCUT2D eigenvalue weighted by molar-refractivity contribution is 0.0146. The lowest BCUT2D eigenvalue weighted by Gasteiger charge is -2.28. The molecule has 0 saturated carbocycles. The Kier molecular flexibility index (Phi) is 6.07. The van der Waals surface area contributed by atoms with Gasteiger partial charge < -0.3 is 4.74 Å². The van der Waals surface area contributed by atoms with E-state index in [1.807, 2.05) is 26.0 Å². The third-order valence-corrected chi connectivity index (χ3v) is 4.28. The Labute approximate surface area is 130 Å². The highest BCUT2D eigenvalue weighted by Gasteiger charge is 2.27. The van der Waals surface area contributed by atoms with Crippen LogP contribution < -0.4 is 0 Å². The van der Waals surface area contributed by atoms with Gasteiger partial charge in [-0.15, -0.1) is 0 Å². The number of hydrogen-bond donors (Lipinski definition) is 0. The molecule has 1 aliphatic heterocycles. The van der Waals surface area contributed by atoms with Crippen molar-refractivity contribution in [3.8, 4) is 0 Å². The average molecular weight is 312 g/mol. The molecule has 0 bridgehead atoms. The predicted octanol–water partition coefficient (Wildman–Crippen LogP) is 5.55. The Morgan fingerprint density at radius 2 is 2.09 bits per heavy atom. The molecule has 0 radical (unpaired) electrons. The van der Waals surface area contributed by atoms with Gasteiger partial charge in [0.2, 0.25) is 0 Å². The van der Waals surface area contributed by atoms with E-state index in [2.05, 4.69) is 0 Å². The van der Waals surface area contributed by atoms with Gasteiger partial charge in [0, 0.05) is 5.92 Å². The molecular formula is C18H23F3O. The first-order valence-corrected chi connectivity index (χ1v) is 7.86. The normalized spacial score (nSPS) is 22.6. The number of halogens is 3. The summed E-state index contributed by atoms with van der Waals surface area (Å²) in [5, 5.41) is 0. The van der Waals surface area contributed by atoms with Crippen LogP contribution in [0.1, 0.15) is 62.1 Å². The number of alkyl halides is 2. The minimum atomic E-state index is -2.79. The minimum absolute atomic E-state index is 0.127. The second kappa shape index (κ2) is 7.82. The summed E-state index contributed by atoms with van der Waals surface area (Å²) >= 11 is 0. The first-order chi connectivity index (χ1) is 10.5. The van der Waals surface area contributed by atoms with Crippen molar-refractivity contribution in [2.24, 2.45) is 0 Å². The monoisotopic (exact) mass is 312 g/mol. The molecule has 1 heterocycles. The van der Waals surface area contributed by atoms with Gasteiger partial charge in [-0.2, -0.15) is 0 Å². The summed E-state index contributed by atoms with van der Waals surface area (Å²) in [6.45, 7) is 4.25. The molecule has 2 atom stereocenters. The topological polar surface area (TPSA) is 9.23 Å². The van der Waals surface area contributed by atoms with Crippen LogP contribution in [0.2, 0.25) is 0 Å². The zero-order chi connectivity index (χ0) is 16.1. The molecule has 0 spiro atoms. The van der Waals surface area contributed by atoms with E-state index >= 15 is 0 Å². The highest BCUT2D eigenvalue weighted by molar-refractivity contribution is 5.37. The van der Waals surface area contributed by atoms with E-state index < -0.39 is 17.8 Å². The molecule has 1 aromatic rings. The average Bonchev–Trinajstić information content (AvgIpc) is 2.48. The Bertz CT molecular complexity index is 517. The Morgan fingerprint density at radius 1 is 1.32 bits per heavy atom. The summed E-state index contributed by atoms with van der Waals surface area (Å²) in [7, 11) is 0. The summed E-state index contributed by atoms with van der Waals surface area (Å²) in [6.07, 6.45) is 3.82. The zero-order valence-corrected chi connectivity index (χ0v) is 13.1. The van der Waals surface area contributed by atoms with Crippen molar-refractivity contribution < 1.29 is 17.9 Å². The summed E-state index contributed by atoms with van der Waals surface area (Å²) in [5.41, 5.74) is 0.344. The van der Waals surface area contributed by atoms with E-state index in [1.165, 1.54) is 0 Å². The second-order valence-electron chi connectivity index (χ2n) is 5.87. The molecule has 1 saturated heterocycles. The molecule has 1 aliphatic rings. The van der Waals surface area contributed by atoms with Gasteiger partial charge in [-0.3, -0.25) is 0 Å². The van der Waals surface area contributed by atoms with Crippen LogP contribution in [0, 0.1) is 5.82 Å². The van der Waals surface area contributed by atoms with Gasteiger partial charge in [-0.1, -0.05) is 24.3 Å². The van der Waals surface area contributed by atoms with Crippen LogP contribution in [0.4, 0.5) is 13.2 Å². The minimum Gasteiger partial charge on any atom is -0.378 e. The van der Waals surface area contributed by atoms with E-state index in [1.54, 1.807) is 12.1 Å². The maximum absolute atomic E-state index is 14.6. The van der Waals surface area contributed by atoms with Crippen molar-refractivity contribution >= 4 is 0 Å². The summed E-state index contributed by atoms with van der Waals surface area (Å²) in [5.74, 6) is -0.866. The van der Waals surface area contributed by atoms with Crippen molar-refractivity contribution in [3.05, 3.63) is 46.8 Å². The van der Waals surface area contributed by atoms with Gasteiger partial charge in [0.05, 0.1) is 18.3 Å². The lowest BCUT2D eigenvalue weighted by Crippen LogP contribution is -2.23. The van der Waals surface area contributed by atoms with E-state index in [-0.39, 0.29) is 12.0 Å². The van der Waals surface area contributed by atoms with Crippen LogP contribution in [0.3, 0.4) is 0 Å². The molecule has 0 aromatic heterocycles. The highest BCUT2D eigenvalue weighted by atomic mass is 19.3. The Hall–Kier alpha value is -1.29. The van der Waals surface area contributed by atoms with Crippen LogP contribution in [0.5, 0.6) is 0 Å². The van der Waals surface area contributed by atoms with E-state index in [4.69, 9.17) is 4.74 Å². The zero-order valence-electron chi connectivity index (χ0n) is 13.1. The molecule has 1 fully saturated rings. The fourth-order valence-corrected chi connectivity index (χ4v) is 2.95. The van der Waals surface area contributed by atoms with Crippen LogP contribution in [-0.2, 0) is 11.2 Å². The third kappa shape index (κ3) is 3.92. The standard InChI is InChI=1S/C18H23F3O/c1-3-4-5-6-13-9-10-15(17(19)16(13)18(20)21)14-8-7-12(2)22-11-14/h3-4,9-10,12,14,18H,5-8,11H2,1-2H3/b4-3+. The van der Waals surface area contributed by atoms with Gasteiger partial charge in [-0.05, 0) is 50.7 Å². The fraction of sp³-hybridized carbons (Fsp3) is 0.556. The van der Waals surface area contributed by atoms with Crippen molar-refractivity contribution in [3.63, 3.8) is 0 Å². The van der Waals surface area contributed by atoms with Crippen LogP contribution in [-0.4, -0.2) is 12.7 Å². The third-order valence-electron chi connectivity index (χ3n) is 4.28. The van der Waals surface area contributed by atoms with Crippen molar-refractivity contribution in [2.75, 3.05) is 6.61 Å². The molecule has 2 unspecified atom stereocenters. The SMILES string of the molecule is C/C=C/CCc1ccc(C2CCC(C)OC2)c(F)c1C(F)F. The molecule has 2 rings (SSSR count). The van der Waals surface area contributed by atoms with Gasteiger partial charge in [0.1, 0.15) is 5.82 Å². The largest absolute Gasteiger partial charge is 0.378 e. The second-order valence-corrected chi connectivity index (χ2v) is 5.87. The number of hydrogen-bond acceptors (Lipinski definition) is 1. The molecule has 0 N–H and O–H groups in total. The predicted molar refractivity (Wildman–Crippen MR) is 81.9 cm³/mol. The molecule has 0 amide bonds. The van der Waals surface area contributed by atoms with Crippen molar-refractivity contribution in [1.29, 1.82) is 0 Å². The quantitative estimate of drug-likeness (QED) is 0.647. The number of benzene rings is 1. The highest BCUT2D eigenvalue weighted by Crippen LogP contribution is 2.35. The van der Waals surface area contributed by atoms with E-state index in [9.17, 15) is 13.2 Å². The molecular weight excluding hydrogens is 289 g/mol. The van der Waals surface area contributed by atoms with Crippen LogP contribution >= 0.6 is 0 Å². The van der Waals surface area contributed by atoms with Crippen LogP contribution in [0.25, 0.3) is 0 Å².